The number of nitrogens with one attached hydrogen (secondary N) is 1. The number of aromatic amines is 1. The van der Waals surface area contributed by atoms with Crippen molar-refractivity contribution in [2.24, 2.45) is 0 Å². The van der Waals surface area contributed by atoms with Gasteiger partial charge in [-0.15, -0.1) is 11.3 Å². The summed E-state index contributed by atoms with van der Waals surface area (Å²) < 4.78 is 0.679. The van der Waals surface area contributed by atoms with Gasteiger partial charge in [-0.1, -0.05) is 42.5 Å². The summed E-state index contributed by atoms with van der Waals surface area (Å²) in [6.45, 7) is 1.61. The van der Waals surface area contributed by atoms with E-state index in [2.05, 4.69) is 27.0 Å². The second-order valence-corrected chi connectivity index (χ2v) is 8.95. The molecule has 2 aromatic carbocycles. The molecule has 0 saturated carbocycles. The van der Waals surface area contributed by atoms with Crippen LogP contribution in [0.15, 0.2) is 64.5 Å². The van der Waals surface area contributed by atoms with Crippen LogP contribution in [-0.4, -0.2) is 21.8 Å². The van der Waals surface area contributed by atoms with Crippen molar-refractivity contribution in [3.63, 3.8) is 0 Å². The van der Waals surface area contributed by atoms with E-state index in [0.717, 1.165) is 22.2 Å². The standard InChI is InChI=1S/C22H16BrNO3S/c1-12(22(26)27)16-11-19(28-21(16)23)20(25)15-8-7-14-9-17(24-18(14)10-15)13-5-3-2-4-6-13/h2-12,24H,1H3,(H,26,27)/t12-/m1/s1. The lowest BCUT2D eigenvalue weighted by Gasteiger charge is -2.03. The van der Waals surface area contributed by atoms with Crippen LogP contribution in [-0.2, 0) is 4.79 Å². The third-order valence-corrected chi connectivity index (χ3v) is 6.62. The van der Waals surface area contributed by atoms with Crippen LogP contribution in [0.1, 0.15) is 33.6 Å². The Morgan fingerprint density at radius 3 is 2.54 bits per heavy atom. The molecule has 0 aliphatic carbocycles. The number of aromatic nitrogens is 1. The first-order valence-electron chi connectivity index (χ1n) is 8.69. The molecule has 4 nitrogen and oxygen atoms in total. The normalized spacial score (nSPS) is 12.2. The highest BCUT2D eigenvalue weighted by atomic mass is 79.9. The minimum absolute atomic E-state index is 0.118. The summed E-state index contributed by atoms with van der Waals surface area (Å²) in [5.74, 6) is -1.71. The second kappa shape index (κ2) is 7.37. The van der Waals surface area contributed by atoms with Crippen LogP contribution in [0.5, 0.6) is 0 Å². The highest BCUT2D eigenvalue weighted by Crippen LogP contribution is 2.35. The predicted octanol–water partition coefficient (Wildman–Crippen LogP) is 6.08. The van der Waals surface area contributed by atoms with E-state index in [1.165, 1.54) is 11.3 Å². The molecule has 6 heteroatoms. The Labute approximate surface area is 174 Å². The largest absolute Gasteiger partial charge is 0.481 e. The number of carbonyl (C=O) groups excluding carboxylic acids is 1. The van der Waals surface area contributed by atoms with E-state index in [1.807, 2.05) is 42.5 Å². The fourth-order valence-electron chi connectivity index (χ4n) is 3.11. The molecule has 0 saturated heterocycles. The third-order valence-electron chi connectivity index (χ3n) is 4.74. The van der Waals surface area contributed by atoms with Gasteiger partial charge in [0.15, 0.2) is 0 Å². The number of thiophene rings is 1. The summed E-state index contributed by atoms with van der Waals surface area (Å²) >= 11 is 4.66. The molecule has 1 atom stereocenters. The lowest BCUT2D eigenvalue weighted by Crippen LogP contribution is -2.07. The second-order valence-electron chi connectivity index (χ2n) is 6.58. The van der Waals surface area contributed by atoms with Crippen molar-refractivity contribution in [2.75, 3.05) is 0 Å². The smallest absolute Gasteiger partial charge is 0.310 e. The fraction of sp³-hybridized carbons (Fsp3) is 0.0909. The summed E-state index contributed by atoms with van der Waals surface area (Å²) in [5.41, 5.74) is 4.16. The quantitative estimate of drug-likeness (QED) is 0.359. The van der Waals surface area contributed by atoms with Crippen LogP contribution in [0.3, 0.4) is 0 Å². The lowest BCUT2D eigenvalue weighted by molar-refractivity contribution is -0.138. The summed E-state index contributed by atoms with van der Waals surface area (Å²) in [6, 6.07) is 19.3. The number of carboxylic acids is 1. The fourth-order valence-corrected chi connectivity index (χ4v) is 5.03. The van der Waals surface area contributed by atoms with Crippen molar-refractivity contribution >= 4 is 49.9 Å². The highest BCUT2D eigenvalue weighted by Gasteiger charge is 2.22. The average Bonchev–Trinajstić information content (AvgIpc) is 3.30. The Balaban J connectivity index is 1.68. The van der Waals surface area contributed by atoms with Crippen molar-refractivity contribution in [1.82, 2.24) is 4.98 Å². The molecule has 2 heterocycles. The zero-order valence-corrected chi connectivity index (χ0v) is 17.3. The van der Waals surface area contributed by atoms with Gasteiger partial charge in [0.05, 0.1) is 14.6 Å². The minimum atomic E-state index is -0.918. The van der Waals surface area contributed by atoms with Gasteiger partial charge in [0.2, 0.25) is 5.78 Å². The van der Waals surface area contributed by atoms with E-state index >= 15 is 0 Å². The molecule has 4 aromatic rings. The average molecular weight is 454 g/mol. The van der Waals surface area contributed by atoms with Crippen LogP contribution < -0.4 is 0 Å². The van der Waals surface area contributed by atoms with Gasteiger partial charge in [0, 0.05) is 22.2 Å². The van der Waals surface area contributed by atoms with E-state index in [-0.39, 0.29) is 5.78 Å². The summed E-state index contributed by atoms with van der Waals surface area (Å²) in [6.07, 6.45) is 0. The molecular formula is C22H16BrNO3S. The molecule has 0 spiro atoms. The molecule has 0 amide bonds. The minimum Gasteiger partial charge on any atom is -0.481 e. The van der Waals surface area contributed by atoms with Gasteiger partial charge < -0.3 is 10.1 Å². The highest BCUT2D eigenvalue weighted by molar-refractivity contribution is 9.11. The van der Waals surface area contributed by atoms with Crippen LogP contribution in [0.4, 0.5) is 0 Å². The van der Waals surface area contributed by atoms with Crippen molar-refractivity contribution in [1.29, 1.82) is 0 Å². The van der Waals surface area contributed by atoms with Gasteiger partial charge in [0.1, 0.15) is 0 Å². The maximum Gasteiger partial charge on any atom is 0.310 e. The van der Waals surface area contributed by atoms with Gasteiger partial charge in [-0.3, -0.25) is 9.59 Å². The van der Waals surface area contributed by atoms with Crippen molar-refractivity contribution in [2.45, 2.75) is 12.8 Å². The number of carboxylic acid groups (broad SMARTS) is 1. The molecule has 2 N–H and O–H groups in total. The summed E-state index contributed by atoms with van der Waals surface area (Å²) in [7, 11) is 0. The first kappa shape index (κ1) is 18.7. The summed E-state index contributed by atoms with van der Waals surface area (Å²) in [5, 5.41) is 10.3. The number of H-pyrrole nitrogens is 1. The number of fused-ring (bicyclic) bond motifs is 1. The molecule has 0 aliphatic rings. The first-order valence-corrected chi connectivity index (χ1v) is 10.3. The van der Waals surface area contributed by atoms with Gasteiger partial charge >= 0.3 is 5.97 Å². The van der Waals surface area contributed by atoms with Gasteiger partial charge in [0.25, 0.3) is 0 Å². The summed E-state index contributed by atoms with van der Waals surface area (Å²) in [4.78, 5) is 28.1. The third kappa shape index (κ3) is 3.41. The number of hydrogen-bond donors (Lipinski definition) is 2. The lowest BCUT2D eigenvalue weighted by atomic mass is 10.0. The molecule has 0 bridgehead atoms. The molecule has 0 radical (unpaired) electrons. The van der Waals surface area contributed by atoms with E-state index < -0.39 is 11.9 Å². The maximum atomic E-state index is 13.0. The van der Waals surface area contributed by atoms with Gasteiger partial charge in [-0.25, -0.2) is 0 Å². The van der Waals surface area contributed by atoms with E-state index in [0.29, 0.717) is 19.8 Å². The van der Waals surface area contributed by atoms with Crippen molar-refractivity contribution in [3.05, 3.63) is 80.5 Å². The van der Waals surface area contributed by atoms with Crippen LogP contribution in [0.25, 0.3) is 22.2 Å². The number of rotatable bonds is 5. The Morgan fingerprint density at radius 2 is 1.82 bits per heavy atom. The maximum absolute atomic E-state index is 13.0. The van der Waals surface area contributed by atoms with Crippen molar-refractivity contribution in [3.8, 4) is 11.3 Å². The molecule has 0 aliphatic heterocycles. The molecule has 0 unspecified atom stereocenters. The molecule has 4 rings (SSSR count). The van der Waals surface area contributed by atoms with Crippen LogP contribution in [0, 0.1) is 0 Å². The zero-order chi connectivity index (χ0) is 19.8. The number of benzene rings is 2. The Morgan fingerprint density at radius 1 is 1.07 bits per heavy atom. The van der Waals surface area contributed by atoms with Crippen LogP contribution >= 0.6 is 27.3 Å². The van der Waals surface area contributed by atoms with Gasteiger partial charge in [-0.2, -0.15) is 0 Å². The number of aliphatic carboxylic acids is 1. The van der Waals surface area contributed by atoms with Gasteiger partial charge in [-0.05, 0) is 52.2 Å². The monoisotopic (exact) mass is 453 g/mol. The zero-order valence-electron chi connectivity index (χ0n) is 14.9. The van der Waals surface area contributed by atoms with Crippen molar-refractivity contribution < 1.29 is 14.7 Å². The molecule has 28 heavy (non-hydrogen) atoms. The molecule has 2 aromatic heterocycles. The molecular weight excluding hydrogens is 438 g/mol. The number of halogens is 1. The SMILES string of the molecule is C[C@@H](C(=O)O)c1cc(C(=O)c2ccc3cc(-c4ccccc4)[nH]c3c2)sc1Br. The van der Waals surface area contributed by atoms with E-state index in [9.17, 15) is 14.7 Å². The number of ketones is 1. The topological polar surface area (TPSA) is 70.2 Å². The Hall–Kier alpha value is -2.70. The van der Waals surface area contributed by atoms with Crippen LogP contribution in [0.2, 0.25) is 0 Å². The number of carbonyl (C=O) groups is 2. The Kier molecular flexibility index (Phi) is 4.91. The van der Waals surface area contributed by atoms with E-state index in [4.69, 9.17) is 0 Å². The Bertz CT molecular complexity index is 1190. The predicted molar refractivity (Wildman–Crippen MR) is 115 cm³/mol. The number of hydrogen-bond acceptors (Lipinski definition) is 3. The van der Waals surface area contributed by atoms with E-state index in [1.54, 1.807) is 19.1 Å². The molecule has 140 valence electrons. The first-order chi connectivity index (χ1) is 13.4. The molecule has 0 fully saturated rings.